The molecule has 1 fully saturated rings. The quantitative estimate of drug-likeness (QED) is 0.879. The molecular formula is C17H28N2. The van der Waals surface area contributed by atoms with E-state index in [2.05, 4.69) is 56.0 Å². The lowest BCUT2D eigenvalue weighted by Crippen LogP contribution is -2.49. The predicted molar refractivity (Wildman–Crippen MR) is 82.3 cm³/mol. The average molecular weight is 260 g/mol. The van der Waals surface area contributed by atoms with E-state index in [0.29, 0.717) is 18.0 Å². The van der Waals surface area contributed by atoms with Gasteiger partial charge in [-0.3, -0.25) is 4.90 Å². The van der Waals surface area contributed by atoms with Gasteiger partial charge in [0.15, 0.2) is 0 Å². The number of likely N-dealkylation sites (tertiary alicyclic amines) is 1. The highest BCUT2D eigenvalue weighted by atomic mass is 15.2. The highest BCUT2D eigenvalue weighted by Gasteiger charge is 2.36. The molecule has 0 bridgehead atoms. The van der Waals surface area contributed by atoms with Crippen molar-refractivity contribution in [1.29, 1.82) is 0 Å². The second-order valence-electron chi connectivity index (χ2n) is 5.94. The maximum Gasteiger partial charge on any atom is 0.0290 e. The maximum atomic E-state index is 6.13. The van der Waals surface area contributed by atoms with Gasteiger partial charge in [0.25, 0.3) is 0 Å². The van der Waals surface area contributed by atoms with Crippen molar-refractivity contribution >= 4 is 0 Å². The van der Waals surface area contributed by atoms with Gasteiger partial charge in [0.1, 0.15) is 0 Å². The summed E-state index contributed by atoms with van der Waals surface area (Å²) < 4.78 is 0. The van der Waals surface area contributed by atoms with Crippen LogP contribution in [-0.2, 0) is 0 Å². The van der Waals surface area contributed by atoms with Crippen LogP contribution in [0.3, 0.4) is 0 Å². The first-order valence-electron chi connectivity index (χ1n) is 7.71. The molecule has 0 aromatic heterocycles. The summed E-state index contributed by atoms with van der Waals surface area (Å²) in [6.45, 7) is 7.73. The van der Waals surface area contributed by atoms with Gasteiger partial charge >= 0.3 is 0 Å². The van der Waals surface area contributed by atoms with E-state index in [4.69, 9.17) is 5.73 Å². The molecule has 0 aliphatic carbocycles. The van der Waals surface area contributed by atoms with Crippen LogP contribution in [0, 0.1) is 0 Å². The Hall–Kier alpha value is -0.860. The molecule has 1 aromatic carbocycles. The van der Waals surface area contributed by atoms with Gasteiger partial charge in [-0.25, -0.2) is 0 Å². The van der Waals surface area contributed by atoms with Crippen molar-refractivity contribution < 1.29 is 0 Å². The molecule has 2 rings (SSSR count). The summed E-state index contributed by atoms with van der Waals surface area (Å²) in [4.78, 5) is 2.69. The summed E-state index contributed by atoms with van der Waals surface area (Å²) in [5.41, 5.74) is 7.54. The molecule has 2 N–H and O–H groups in total. The molecule has 1 aliphatic rings. The summed E-state index contributed by atoms with van der Waals surface area (Å²) in [6.07, 6.45) is 3.88. The van der Waals surface area contributed by atoms with Crippen LogP contribution in [0.4, 0.5) is 0 Å². The van der Waals surface area contributed by atoms with Crippen LogP contribution in [0.15, 0.2) is 30.3 Å². The zero-order chi connectivity index (χ0) is 13.8. The minimum atomic E-state index is 0.463. The Morgan fingerprint density at radius 2 is 1.95 bits per heavy atom. The molecule has 19 heavy (non-hydrogen) atoms. The largest absolute Gasteiger partial charge is 0.329 e. The van der Waals surface area contributed by atoms with Gasteiger partial charge in [-0.2, -0.15) is 0 Å². The van der Waals surface area contributed by atoms with E-state index in [-0.39, 0.29) is 0 Å². The van der Waals surface area contributed by atoms with Crippen LogP contribution in [0.2, 0.25) is 0 Å². The van der Waals surface area contributed by atoms with Crippen LogP contribution >= 0.6 is 0 Å². The molecule has 4 atom stereocenters. The third-order valence-electron chi connectivity index (χ3n) is 4.85. The smallest absolute Gasteiger partial charge is 0.0290 e. The summed E-state index contributed by atoms with van der Waals surface area (Å²) in [7, 11) is 0. The first-order valence-corrected chi connectivity index (χ1v) is 7.71. The number of nitrogens with two attached hydrogens (primary N) is 1. The highest BCUT2D eigenvalue weighted by Crippen LogP contribution is 2.33. The monoisotopic (exact) mass is 260 g/mol. The van der Waals surface area contributed by atoms with Gasteiger partial charge < -0.3 is 5.73 Å². The van der Waals surface area contributed by atoms with E-state index in [1.165, 1.54) is 24.8 Å². The maximum absolute atomic E-state index is 6.13. The normalized spacial score (nSPS) is 27.4. The van der Waals surface area contributed by atoms with Crippen molar-refractivity contribution in [2.45, 2.75) is 64.1 Å². The van der Waals surface area contributed by atoms with E-state index in [0.717, 1.165) is 12.6 Å². The van der Waals surface area contributed by atoms with E-state index >= 15 is 0 Å². The van der Waals surface area contributed by atoms with E-state index in [1.807, 2.05) is 0 Å². The number of rotatable bonds is 5. The summed E-state index contributed by atoms with van der Waals surface area (Å²) in [6, 6.07) is 12.7. The molecule has 2 nitrogen and oxygen atoms in total. The van der Waals surface area contributed by atoms with Crippen LogP contribution < -0.4 is 5.73 Å². The molecule has 1 saturated heterocycles. The molecule has 0 amide bonds. The van der Waals surface area contributed by atoms with Gasteiger partial charge in [0, 0.05) is 24.7 Å². The fourth-order valence-electron chi connectivity index (χ4n) is 3.67. The number of benzene rings is 1. The third kappa shape index (κ3) is 3.01. The lowest BCUT2D eigenvalue weighted by atomic mass is 9.91. The fourth-order valence-corrected chi connectivity index (χ4v) is 3.67. The standard InChI is InChI=1S/C17H28N2/c1-4-16-11-10-13(2)19(16)17(12-18)14(3)15-8-6-5-7-9-15/h5-9,13-14,16-17H,4,10-12,18H2,1-3H3. The minimum Gasteiger partial charge on any atom is -0.329 e. The van der Waals surface area contributed by atoms with Gasteiger partial charge in [-0.05, 0) is 37.7 Å². The lowest BCUT2D eigenvalue weighted by molar-refractivity contribution is 0.120. The zero-order valence-corrected chi connectivity index (χ0v) is 12.5. The molecule has 1 aromatic rings. The topological polar surface area (TPSA) is 29.3 Å². The summed E-state index contributed by atoms with van der Waals surface area (Å²) in [5, 5.41) is 0. The van der Waals surface area contributed by atoms with E-state index in [1.54, 1.807) is 0 Å². The molecule has 4 unspecified atom stereocenters. The Morgan fingerprint density at radius 1 is 1.26 bits per heavy atom. The van der Waals surface area contributed by atoms with Crippen molar-refractivity contribution in [3.63, 3.8) is 0 Å². The predicted octanol–water partition coefficient (Wildman–Crippen LogP) is 3.38. The number of nitrogens with zero attached hydrogens (tertiary/aromatic N) is 1. The first-order chi connectivity index (χ1) is 9.19. The highest BCUT2D eigenvalue weighted by molar-refractivity contribution is 5.21. The van der Waals surface area contributed by atoms with Crippen LogP contribution in [0.5, 0.6) is 0 Å². The second-order valence-corrected chi connectivity index (χ2v) is 5.94. The van der Waals surface area contributed by atoms with Crippen molar-refractivity contribution in [3.8, 4) is 0 Å². The number of hydrogen-bond acceptors (Lipinski definition) is 2. The molecule has 106 valence electrons. The zero-order valence-electron chi connectivity index (χ0n) is 12.5. The van der Waals surface area contributed by atoms with E-state index < -0.39 is 0 Å². The lowest BCUT2D eigenvalue weighted by Gasteiger charge is -2.39. The van der Waals surface area contributed by atoms with Gasteiger partial charge in [0.05, 0.1) is 0 Å². The number of hydrogen-bond donors (Lipinski definition) is 1. The van der Waals surface area contributed by atoms with Crippen molar-refractivity contribution in [1.82, 2.24) is 4.90 Å². The summed E-state index contributed by atoms with van der Waals surface area (Å²) in [5.74, 6) is 0.501. The van der Waals surface area contributed by atoms with Crippen molar-refractivity contribution in [2.75, 3.05) is 6.54 Å². The fraction of sp³-hybridized carbons (Fsp3) is 0.647. The van der Waals surface area contributed by atoms with Gasteiger partial charge in [-0.15, -0.1) is 0 Å². The molecule has 1 aliphatic heterocycles. The molecule has 0 spiro atoms. The molecule has 0 radical (unpaired) electrons. The van der Waals surface area contributed by atoms with Crippen molar-refractivity contribution in [2.24, 2.45) is 5.73 Å². The van der Waals surface area contributed by atoms with Crippen molar-refractivity contribution in [3.05, 3.63) is 35.9 Å². The molecule has 0 saturated carbocycles. The Morgan fingerprint density at radius 3 is 2.53 bits per heavy atom. The van der Waals surface area contributed by atoms with Crippen LogP contribution in [0.25, 0.3) is 0 Å². The van der Waals surface area contributed by atoms with Crippen LogP contribution in [-0.4, -0.2) is 29.6 Å². The SMILES string of the molecule is CCC1CCC(C)N1C(CN)C(C)c1ccccc1. The molecule has 1 heterocycles. The Balaban J connectivity index is 2.19. The van der Waals surface area contributed by atoms with E-state index in [9.17, 15) is 0 Å². The first kappa shape index (κ1) is 14.5. The Bertz CT molecular complexity index is 376. The summed E-state index contributed by atoms with van der Waals surface area (Å²) >= 11 is 0. The Kier molecular flexibility index (Phi) is 5.00. The second kappa shape index (κ2) is 6.53. The molecule has 2 heteroatoms. The van der Waals surface area contributed by atoms with Gasteiger partial charge in [-0.1, -0.05) is 44.2 Å². The van der Waals surface area contributed by atoms with Crippen LogP contribution in [0.1, 0.15) is 51.5 Å². The molecular weight excluding hydrogens is 232 g/mol. The Labute approximate surface area is 118 Å². The van der Waals surface area contributed by atoms with Gasteiger partial charge in [0.2, 0.25) is 0 Å². The minimum absolute atomic E-state index is 0.463. The third-order valence-corrected chi connectivity index (χ3v) is 4.85. The average Bonchev–Trinajstić information content (AvgIpc) is 2.82.